The van der Waals surface area contributed by atoms with Crippen molar-refractivity contribution >= 4 is 9.81 Å². The average molecular weight is 559 g/mol. The first-order chi connectivity index (χ1) is 14.2. The van der Waals surface area contributed by atoms with Gasteiger partial charge in [-0.3, -0.25) is 0 Å². The van der Waals surface area contributed by atoms with Gasteiger partial charge < -0.3 is 0 Å². The second-order valence-corrected chi connectivity index (χ2v) is 8.27. The number of nitrogens with zero attached hydrogens (tertiary/aromatic N) is 2. The molecule has 0 bridgehead atoms. The molecule has 1 N–H and O–H groups in total. The fourth-order valence-electron chi connectivity index (χ4n) is 3.13. The Morgan fingerprint density at radius 1 is 1.21 bits per heavy atom. The molecule has 0 aliphatic carbocycles. The summed E-state index contributed by atoms with van der Waals surface area (Å²) in [6.07, 6.45) is 19.7. The Labute approximate surface area is 182 Å². The Bertz CT molecular complexity index is 957. The first-order valence-electron chi connectivity index (χ1n) is 9.70. The number of carbonyl (C=O) groups excluding carboxylic acids is 1. The molecule has 2 aromatic rings. The van der Waals surface area contributed by atoms with Crippen LogP contribution in [0.4, 0.5) is 0 Å². The van der Waals surface area contributed by atoms with Gasteiger partial charge in [0.2, 0.25) is 0 Å². The minimum absolute atomic E-state index is 0.139. The Hall–Kier alpha value is -2.52. The van der Waals surface area contributed by atoms with Crippen molar-refractivity contribution in [2.45, 2.75) is 32.2 Å². The zero-order valence-electron chi connectivity index (χ0n) is 16.5. The molecule has 1 aliphatic heterocycles. The summed E-state index contributed by atoms with van der Waals surface area (Å²) < 4.78 is 8.68. The zero-order chi connectivity index (χ0) is 20.5. The van der Waals surface area contributed by atoms with Crippen LogP contribution in [0.3, 0.4) is 0 Å². The fourth-order valence-corrected chi connectivity index (χ4v) is 4.03. The van der Waals surface area contributed by atoms with Gasteiger partial charge in [-0.05, 0) is 0 Å². The molecule has 6 heteroatoms. The summed E-state index contributed by atoms with van der Waals surface area (Å²) in [5.74, 6) is 1.56. The normalized spacial score (nSPS) is 15.8. The monoisotopic (exact) mass is 559 g/mol. The van der Waals surface area contributed by atoms with Gasteiger partial charge in [0, 0.05) is 0 Å². The molecule has 150 valence electrons. The quantitative estimate of drug-likeness (QED) is 0.542. The van der Waals surface area contributed by atoms with Gasteiger partial charge in [0.1, 0.15) is 0 Å². The summed E-state index contributed by atoms with van der Waals surface area (Å²) in [5.41, 5.74) is 1.62. The summed E-state index contributed by atoms with van der Waals surface area (Å²) in [6, 6.07) is 5.65. The van der Waals surface area contributed by atoms with E-state index >= 15 is 0 Å². The predicted molar refractivity (Wildman–Crippen MR) is 112 cm³/mol. The molecule has 1 aromatic heterocycles. The summed E-state index contributed by atoms with van der Waals surface area (Å²) in [6.45, 7) is 0.975. The number of methoxy groups -OCH3 is 1. The molecule has 0 atom stereocenters. The molecule has 29 heavy (non-hydrogen) atoms. The van der Waals surface area contributed by atoms with Crippen molar-refractivity contribution < 1.29 is 28.9 Å². The van der Waals surface area contributed by atoms with E-state index in [1.54, 1.807) is 19.4 Å². The first-order valence-corrected chi connectivity index (χ1v) is 11.2. The van der Waals surface area contributed by atoms with Crippen molar-refractivity contribution in [2.24, 2.45) is 0 Å². The van der Waals surface area contributed by atoms with Gasteiger partial charge >= 0.3 is 183 Å². The van der Waals surface area contributed by atoms with Crippen LogP contribution in [-0.4, -0.2) is 26.5 Å². The third-order valence-corrected chi connectivity index (χ3v) is 5.84. The van der Waals surface area contributed by atoms with Crippen molar-refractivity contribution in [1.29, 1.82) is 0 Å². The third kappa shape index (κ3) is 5.98. The van der Waals surface area contributed by atoms with Gasteiger partial charge in [0.05, 0.1) is 0 Å². The number of allylic oxidation sites excluding steroid dienone is 5. The number of carbonyl (C=O) groups is 1. The van der Waals surface area contributed by atoms with Gasteiger partial charge in [-0.2, -0.15) is 0 Å². The van der Waals surface area contributed by atoms with E-state index in [0.29, 0.717) is 11.3 Å². The Morgan fingerprint density at radius 2 is 2.10 bits per heavy atom. The van der Waals surface area contributed by atoms with Crippen molar-refractivity contribution in [1.82, 2.24) is 14.9 Å². The number of aromatic nitrogens is 2. The minimum atomic E-state index is -0.139. The zero-order valence-corrected chi connectivity index (χ0v) is 19.4. The maximum atomic E-state index is 12.7. The van der Waals surface area contributed by atoms with Gasteiger partial charge in [-0.1, -0.05) is 0 Å². The van der Waals surface area contributed by atoms with E-state index in [1.807, 2.05) is 42.8 Å². The number of hydrogen-bond acceptors (Lipinski definition) is 3. The summed E-state index contributed by atoms with van der Waals surface area (Å²) in [4.78, 5) is 17.2. The number of ether oxygens (including phenoxy) is 1. The van der Waals surface area contributed by atoms with Crippen LogP contribution in [0.25, 0.3) is 0 Å². The van der Waals surface area contributed by atoms with Crippen LogP contribution < -0.4 is 10.1 Å². The Morgan fingerprint density at radius 3 is 2.97 bits per heavy atom. The average Bonchev–Trinajstić information content (AvgIpc) is 3.20. The number of hydrogen-bond donors (Lipinski definition) is 1. The third-order valence-electron chi connectivity index (χ3n) is 4.69. The number of aryl methyl sites for hydroxylation is 1. The van der Waals surface area contributed by atoms with Crippen LogP contribution in [0.2, 0.25) is 0 Å². The van der Waals surface area contributed by atoms with Crippen LogP contribution in [0.5, 0.6) is 5.75 Å². The molecule has 0 radical (unpaired) electrons. The summed E-state index contributed by atoms with van der Waals surface area (Å²) in [7, 11) is 1.61. The molecule has 0 fully saturated rings. The molecule has 1 amide bonds. The molecule has 3 rings (SSSR count). The van der Waals surface area contributed by atoms with E-state index in [-0.39, 0.29) is 5.91 Å². The van der Waals surface area contributed by atoms with Gasteiger partial charge in [-0.25, -0.2) is 0 Å². The van der Waals surface area contributed by atoms with Crippen LogP contribution in [0.15, 0.2) is 67.2 Å². The number of rotatable bonds is 1. The summed E-state index contributed by atoms with van der Waals surface area (Å²) in [5, 5.41) is 2.85. The fraction of sp³-hybridized carbons (Fsp3) is 0.261. The first kappa shape index (κ1) is 21.2. The number of nitrogens with one attached hydrogen (secondary N) is 1. The Kier molecular flexibility index (Phi) is 7.94. The van der Waals surface area contributed by atoms with Crippen molar-refractivity contribution in [3.8, 4) is 5.75 Å². The van der Waals surface area contributed by atoms with Crippen molar-refractivity contribution in [2.75, 3.05) is 7.11 Å². The van der Waals surface area contributed by atoms with E-state index in [2.05, 4.69) is 27.0 Å². The van der Waals surface area contributed by atoms with E-state index in [9.17, 15) is 4.79 Å². The van der Waals surface area contributed by atoms with E-state index in [4.69, 9.17) is 4.74 Å². The number of benzene rings is 1. The van der Waals surface area contributed by atoms with Crippen LogP contribution in [-0.2, 0) is 32.3 Å². The molecule has 1 aliphatic rings. The van der Waals surface area contributed by atoms with Gasteiger partial charge in [0.25, 0.3) is 0 Å². The van der Waals surface area contributed by atoms with Gasteiger partial charge in [0.15, 0.2) is 0 Å². The number of amides is 1. The van der Waals surface area contributed by atoms with Crippen molar-refractivity contribution in [3.05, 3.63) is 84.1 Å². The molecule has 0 unspecified atom stereocenters. The van der Waals surface area contributed by atoms with E-state index in [1.165, 1.54) is 23.3 Å². The molecular weight excluding hydrogens is 534 g/mol. The SMILES string of the molecule is COc1ccc2c(c1)C(=O)NC=CC=C[C](=[W])c1nccn1CCCCC=CC2. The molecule has 0 saturated carbocycles. The maximum absolute atomic E-state index is 12.7. The molecule has 1 aromatic carbocycles. The van der Waals surface area contributed by atoms with Gasteiger partial charge in [-0.15, -0.1) is 0 Å². The van der Waals surface area contributed by atoms with Crippen molar-refractivity contribution in [3.63, 3.8) is 0 Å². The standard InChI is InChI=1S/C23H25N3O2.W/c1-28-20-13-12-19-10-6-3-2-4-9-16-26-17-15-24-22(26)11-7-5-8-14-25-23(27)21(19)18-20;/h3,5-8,12-15,17-18H,2,4,9-10,16H2,1H3,(H,25,27);. The van der Waals surface area contributed by atoms with E-state index in [0.717, 1.165) is 43.6 Å². The number of imidazole rings is 1. The van der Waals surface area contributed by atoms with Crippen LogP contribution in [0, 0.1) is 0 Å². The molecule has 2 heterocycles. The second-order valence-electron chi connectivity index (χ2n) is 6.69. The number of fused-ring (bicyclic) bond motifs is 2. The van der Waals surface area contributed by atoms with E-state index < -0.39 is 0 Å². The Balaban J connectivity index is 1.82. The van der Waals surface area contributed by atoms with Crippen LogP contribution >= 0.6 is 0 Å². The molecule has 0 saturated heterocycles. The van der Waals surface area contributed by atoms with Crippen LogP contribution in [0.1, 0.15) is 41.0 Å². The second kappa shape index (κ2) is 10.9. The molecular formula is C23H25N3O2W. The molecule has 5 nitrogen and oxygen atoms in total. The molecule has 0 spiro atoms. The summed E-state index contributed by atoms with van der Waals surface area (Å²) >= 11 is 1.36. The topological polar surface area (TPSA) is 56.1 Å². The predicted octanol–water partition coefficient (Wildman–Crippen LogP) is 3.74.